The Bertz CT molecular complexity index is 651. The summed E-state index contributed by atoms with van der Waals surface area (Å²) in [6.07, 6.45) is 1.90. The van der Waals surface area contributed by atoms with Gasteiger partial charge in [-0.3, -0.25) is 14.5 Å². The van der Waals surface area contributed by atoms with E-state index in [1.165, 1.54) is 0 Å². The van der Waals surface area contributed by atoms with Gasteiger partial charge >= 0.3 is 0 Å². The van der Waals surface area contributed by atoms with Crippen molar-refractivity contribution in [3.63, 3.8) is 0 Å². The van der Waals surface area contributed by atoms with E-state index >= 15 is 0 Å². The third kappa shape index (κ3) is 6.24. The molecule has 0 N–H and O–H groups in total. The van der Waals surface area contributed by atoms with Crippen molar-refractivity contribution in [1.29, 1.82) is 0 Å². The van der Waals surface area contributed by atoms with Crippen LogP contribution >= 0.6 is 0 Å². The zero-order valence-corrected chi connectivity index (χ0v) is 22.2. The topological polar surface area (TPSA) is 43.9 Å². The molecule has 5 heteroatoms. The molecule has 2 heterocycles. The van der Waals surface area contributed by atoms with Crippen LogP contribution in [0.5, 0.6) is 0 Å². The van der Waals surface area contributed by atoms with Crippen LogP contribution < -0.4 is 0 Å². The molecule has 0 radical (unpaired) electrons. The Kier molecular flexibility index (Phi) is 7.62. The number of likely N-dealkylation sites (tertiary alicyclic amines) is 1. The van der Waals surface area contributed by atoms with Crippen LogP contribution in [0.1, 0.15) is 89.0 Å². The van der Waals surface area contributed by atoms with Crippen molar-refractivity contribution in [2.45, 2.75) is 107 Å². The minimum Gasteiger partial charge on any atom is -0.339 e. The highest BCUT2D eigenvalue weighted by molar-refractivity contribution is 5.82. The molecule has 3 unspecified atom stereocenters. The maximum absolute atomic E-state index is 13.4. The summed E-state index contributed by atoms with van der Waals surface area (Å²) in [4.78, 5) is 33.2. The predicted molar refractivity (Wildman–Crippen MR) is 129 cm³/mol. The fourth-order valence-corrected chi connectivity index (χ4v) is 5.05. The summed E-state index contributed by atoms with van der Waals surface area (Å²) in [6, 6.07) is 0.352. The summed E-state index contributed by atoms with van der Waals surface area (Å²) >= 11 is 0. The molecule has 5 nitrogen and oxygen atoms in total. The predicted octanol–water partition coefficient (Wildman–Crippen LogP) is 4.65. The van der Waals surface area contributed by atoms with Crippen LogP contribution in [0.15, 0.2) is 0 Å². The molecule has 180 valence electrons. The molecular formula is C26H49N3O2. The van der Waals surface area contributed by atoms with Gasteiger partial charge < -0.3 is 9.80 Å². The summed E-state index contributed by atoms with van der Waals surface area (Å²) in [6.45, 7) is 27.1. The minimum absolute atomic E-state index is 0.00176. The molecule has 2 fully saturated rings. The van der Waals surface area contributed by atoms with Crippen molar-refractivity contribution in [2.75, 3.05) is 26.2 Å². The molecule has 0 spiro atoms. The molecule has 0 aliphatic carbocycles. The maximum Gasteiger partial charge on any atom is 0.228 e. The molecule has 0 aromatic heterocycles. The van der Waals surface area contributed by atoms with E-state index in [0.717, 1.165) is 39.0 Å². The SMILES string of the molecule is CC(C)C(=O)N1CCN(C(C)(C)C)CC1CC1CC(C(C)(C)C)CN1C(=O)C(C)(C)C. The first-order valence-corrected chi connectivity index (χ1v) is 12.3. The standard InChI is InChI=1S/C26H49N3O2/c1-18(2)22(30)28-13-12-27(26(9,10)11)17-21(28)15-20-14-19(24(3,4)5)16-29(20)23(31)25(6,7)8/h18-21H,12-17H2,1-11H3. The van der Waals surface area contributed by atoms with Crippen LogP contribution in [0.4, 0.5) is 0 Å². The second kappa shape index (κ2) is 9.03. The van der Waals surface area contributed by atoms with Gasteiger partial charge in [0.15, 0.2) is 0 Å². The van der Waals surface area contributed by atoms with Gasteiger partial charge in [0.2, 0.25) is 11.8 Å². The molecule has 2 amide bonds. The fraction of sp³-hybridized carbons (Fsp3) is 0.923. The van der Waals surface area contributed by atoms with Crippen molar-refractivity contribution in [3.8, 4) is 0 Å². The van der Waals surface area contributed by atoms with Crippen LogP contribution in [0.25, 0.3) is 0 Å². The first-order chi connectivity index (χ1) is 13.9. The number of hydrogen-bond acceptors (Lipinski definition) is 3. The number of carbonyl (C=O) groups is 2. The van der Waals surface area contributed by atoms with Crippen molar-refractivity contribution in [2.24, 2.45) is 22.7 Å². The summed E-state index contributed by atoms with van der Waals surface area (Å²) in [5.74, 6) is 0.981. The van der Waals surface area contributed by atoms with Crippen molar-refractivity contribution < 1.29 is 9.59 Å². The normalized spacial score (nSPS) is 26.6. The molecule has 2 saturated heterocycles. The fourth-order valence-electron chi connectivity index (χ4n) is 5.05. The lowest BCUT2D eigenvalue weighted by Gasteiger charge is -2.48. The largest absolute Gasteiger partial charge is 0.339 e. The van der Waals surface area contributed by atoms with E-state index in [4.69, 9.17) is 0 Å². The summed E-state index contributed by atoms with van der Waals surface area (Å²) in [7, 11) is 0. The Hall–Kier alpha value is -1.10. The molecule has 3 atom stereocenters. The Morgan fingerprint density at radius 2 is 1.42 bits per heavy atom. The van der Waals surface area contributed by atoms with Gasteiger partial charge in [0.25, 0.3) is 0 Å². The Labute approximate surface area is 191 Å². The number of nitrogens with zero attached hydrogens (tertiary/aromatic N) is 3. The molecule has 2 aliphatic heterocycles. The van der Waals surface area contributed by atoms with E-state index in [1.54, 1.807) is 0 Å². The van der Waals surface area contributed by atoms with Crippen molar-refractivity contribution in [1.82, 2.24) is 14.7 Å². The van der Waals surface area contributed by atoms with Crippen LogP contribution in [-0.4, -0.2) is 70.3 Å². The zero-order valence-electron chi connectivity index (χ0n) is 22.2. The number of piperazine rings is 1. The van der Waals surface area contributed by atoms with Gasteiger partial charge in [-0.2, -0.15) is 0 Å². The van der Waals surface area contributed by atoms with Gasteiger partial charge in [-0.1, -0.05) is 55.4 Å². The van der Waals surface area contributed by atoms with E-state index in [1.807, 2.05) is 34.6 Å². The number of hydrogen-bond donors (Lipinski definition) is 0. The van der Waals surface area contributed by atoms with Crippen molar-refractivity contribution >= 4 is 11.8 Å². The lowest BCUT2D eigenvalue weighted by atomic mass is 9.79. The van der Waals surface area contributed by atoms with Crippen LogP contribution in [0.2, 0.25) is 0 Å². The Balaban J connectivity index is 2.32. The molecule has 2 rings (SSSR count). The molecule has 0 aromatic carbocycles. The van der Waals surface area contributed by atoms with Crippen LogP contribution in [0.3, 0.4) is 0 Å². The van der Waals surface area contributed by atoms with Gasteiger partial charge in [-0.15, -0.1) is 0 Å². The Morgan fingerprint density at radius 3 is 1.87 bits per heavy atom. The molecule has 0 bridgehead atoms. The average molecular weight is 436 g/mol. The van der Waals surface area contributed by atoms with E-state index in [0.29, 0.717) is 5.92 Å². The van der Waals surface area contributed by atoms with E-state index in [2.05, 4.69) is 56.2 Å². The second-order valence-corrected chi connectivity index (χ2v) is 13.4. The maximum atomic E-state index is 13.4. The molecule has 2 aliphatic rings. The Morgan fingerprint density at radius 1 is 0.839 bits per heavy atom. The van der Waals surface area contributed by atoms with Crippen LogP contribution in [0, 0.1) is 22.7 Å². The van der Waals surface area contributed by atoms with Crippen molar-refractivity contribution in [3.05, 3.63) is 0 Å². The number of rotatable bonds is 3. The first-order valence-electron chi connectivity index (χ1n) is 12.3. The zero-order chi connectivity index (χ0) is 23.9. The van der Waals surface area contributed by atoms with E-state index in [-0.39, 0.29) is 46.2 Å². The van der Waals surface area contributed by atoms with E-state index in [9.17, 15) is 9.59 Å². The van der Waals surface area contributed by atoms with Gasteiger partial charge in [0.05, 0.1) is 0 Å². The summed E-state index contributed by atoms with van der Waals surface area (Å²) in [5.41, 5.74) is -0.138. The van der Waals surface area contributed by atoms with Gasteiger partial charge in [-0.25, -0.2) is 0 Å². The quantitative estimate of drug-likeness (QED) is 0.648. The lowest BCUT2D eigenvalue weighted by molar-refractivity contribution is -0.143. The molecule has 0 aromatic rings. The third-order valence-corrected chi connectivity index (χ3v) is 7.29. The second-order valence-electron chi connectivity index (χ2n) is 13.4. The first kappa shape index (κ1) is 26.2. The van der Waals surface area contributed by atoms with E-state index < -0.39 is 0 Å². The molecular weight excluding hydrogens is 386 g/mol. The summed E-state index contributed by atoms with van der Waals surface area (Å²) < 4.78 is 0. The van der Waals surface area contributed by atoms with Gasteiger partial charge in [-0.05, 0) is 44.9 Å². The molecule has 31 heavy (non-hydrogen) atoms. The average Bonchev–Trinajstić information content (AvgIpc) is 3.02. The highest BCUT2D eigenvalue weighted by Gasteiger charge is 2.45. The smallest absolute Gasteiger partial charge is 0.228 e. The monoisotopic (exact) mass is 435 g/mol. The third-order valence-electron chi connectivity index (χ3n) is 7.29. The number of carbonyl (C=O) groups excluding carboxylic acids is 2. The van der Waals surface area contributed by atoms with Gasteiger partial charge in [0.1, 0.15) is 0 Å². The highest BCUT2D eigenvalue weighted by Crippen LogP contribution is 2.40. The van der Waals surface area contributed by atoms with Gasteiger partial charge in [0, 0.05) is 55.1 Å². The molecule has 0 saturated carbocycles. The number of amides is 2. The highest BCUT2D eigenvalue weighted by atomic mass is 16.2. The van der Waals surface area contributed by atoms with Crippen LogP contribution in [-0.2, 0) is 9.59 Å². The lowest BCUT2D eigenvalue weighted by Crippen LogP contribution is -2.61. The summed E-state index contributed by atoms with van der Waals surface area (Å²) in [5, 5.41) is 0. The minimum atomic E-state index is -0.386.